The topological polar surface area (TPSA) is 91.2 Å². The molecule has 0 unspecified atom stereocenters. The summed E-state index contributed by atoms with van der Waals surface area (Å²) in [5.74, 6) is 0.989. The normalized spacial score (nSPS) is 10.7. The van der Waals surface area contributed by atoms with Gasteiger partial charge in [-0.15, -0.1) is 10.2 Å². The first-order valence-corrected chi connectivity index (χ1v) is 11.4. The summed E-state index contributed by atoms with van der Waals surface area (Å²) < 4.78 is 25.1. The maximum Gasteiger partial charge on any atom is 0.248 e. The molecule has 0 spiro atoms. The van der Waals surface area contributed by atoms with Crippen molar-refractivity contribution in [1.82, 2.24) is 20.2 Å². The Morgan fingerprint density at radius 2 is 1.77 bits per heavy atom. The number of unbranched alkanes of at least 4 members (excludes halogenated alkanes) is 1. The van der Waals surface area contributed by atoms with Crippen molar-refractivity contribution in [3.8, 4) is 22.9 Å². The summed E-state index contributed by atoms with van der Waals surface area (Å²) in [5.41, 5.74) is 1.79. The lowest BCUT2D eigenvalue weighted by Crippen LogP contribution is -2.21. The molecule has 8 nitrogen and oxygen atoms in total. The first-order chi connectivity index (χ1) is 17.1. The van der Waals surface area contributed by atoms with Crippen molar-refractivity contribution >= 4 is 11.6 Å². The summed E-state index contributed by atoms with van der Waals surface area (Å²) in [6, 6.07) is 20.8. The molecular formula is C26H26FN5O3. The molecule has 0 aliphatic rings. The molecule has 9 heteroatoms. The number of para-hydroxylation sites is 2. The van der Waals surface area contributed by atoms with Crippen LogP contribution in [-0.4, -0.2) is 32.7 Å². The van der Waals surface area contributed by atoms with Crippen LogP contribution in [0.2, 0.25) is 0 Å². The van der Waals surface area contributed by atoms with E-state index >= 15 is 0 Å². The molecule has 0 saturated carbocycles. The molecule has 1 heterocycles. The molecule has 0 saturated heterocycles. The van der Waals surface area contributed by atoms with Crippen LogP contribution < -0.4 is 14.8 Å². The largest absolute Gasteiger partial charge is 0.491 e. The van der Waals surface area contributed by atoms with Crippen LogP contribution >= 0.6 is 0 Å². The Balaban J connectivity index is 1.33. The van der Waals surface area contributed by atoms with Crippen molar-refractivity contribution in [2.45, 2.75) is 32.9 Å². The van der Waals surface area contributed by atoms with E-state index in [4.69, 9.17) is 9.47 Å². The molecule has 1 amide bonds. The number of aromatic nitrogens is 4. The van der Waals surface area contributed by atoms with Gasteiger partial charge in [-0.3, -0.25) is 4.79 Å². The minimum atomic E-state index is -0.304. The monoisotopic (exact) mass is 475 g/mol. The maximum atomic E-state index is 13.7. The highest BCUT2D eigenvalue weighted by Gasteiger charge is 2.12. The van der Waals surface area contributed by atoms with E-state index in [-0.39, 0.29) is 24.9 Å². The molecule has 1 aromatic heterocycles. The van der Waals surface area contributed by atoms with Crippen molar-refractivity contribution in [3.63, 3.8) is 0 Å². The van der Waals surface area contributed by atoms with Gasteiger partial charge in [-0.25, -0.2) is 4.39 Å². The van der Waals surface area contributed by atoms with E-state index in [1.165, 1.54) is 10.9 Å². The van der Waals surface area contributed by atoms with Crippen molar-refractivity contribution in [2.24, 2.45) is 0 Å². The molecule has 3 aromatic carbocycles. The van der Waals surface area contributed by atoms with Gasteiger partial charge in [0.2, 0.25) is 11.7 Å². The molecule has 0 radical (unpaired) electrons. The number of benzene rings is 3. The zero-order chi connectivity index (χ0) is 24.5. The summed E-state index contributed by atoms with van der Waals surface area (Å²) in [5, 5.41) is 15.1. The average Bonchev–Trinajstić information content (AvgIpc) is 3.33. The predicted octanol–water partition coefficient (Wildman–Crippen LogP) is 4.88. The Morgan fingerprint density at radius 3 is 2.57 bits per heavy atom. The molecule has 35 heavy (non-hydrogen) atoms. The van der Waals surface area contributed by atoms with Crippen LogP contribution in [0, 0.1) is 5.82 Å². The summed E-state index contributed by atoms with van der Waals surface area (Å²) in [6.07, 6.45) is 1.96. The Labute approximate surface area is 202 Å². The Kier molecular flexibility index (Phi) is 8.00. The number of nitrogens with one attached hydrogen (secondary N) is 1. The number of rotatable bonds is 11. The molecule has 0 atom stereocenters. The number of hydrogen-bond acceptors (Lipinski definition) is 6. The molecule has 0 aliphatic heterocycles. The minimum absolute atomic E-state index is 0.0971. The number of anilines is 1. The van der Waals surface area contributed by atoms with Gasteiger partial charge in [-0.2, -0.15) is 4.80 Å². The summed E-state index contributed by atoms with van der Waals surface area (Å²) in [4.78, 5) is 13.8. The van der Waals surface area contributed by atoms with Crippen LogP contribution in [0.5, 0.6) is 11.5 Å². The van der Waals surface area contributed by atoms with E-state index in [1.807, 2.05) is 18.2 Å². The molecule has 0 fully saturated rings. The quantitative estimate of drug-likeness (QED) is 0.311. The lowest BCUT2D eigenvalue weighted by Gasteiger charge is -2.11. The second-order valence-electron chi connectivity index (χ2n) is 7.79. The van der Waals surface area contributed by atoms with Gasteiger partial charge in [-0.05, 0) is 54.1 Å². The van der Waals surface area contributed by atoms with Gasteiger partial charge in [0.1, 0.15) is 30.5 Å². The molecule has 0 aliphatic carbocycles. The van der Waals surface area contributed by atoms with Gasteiger partial charge >= 0.3 is 0 Å². The zero-order valence-corrected chi connectivity index (χ0v) is 19.4. The smallest absolute Gasteiger partial charge is 0.248 e. The lowest BCUT2D eigenvalue weighted by molar-refractivity contribution is -0.117. The molecular weight excluding hydrogens is 449 g/mol. The van der Waals surface area contributed by atoms with Crippen LogP contribution in [0.15, 0.2) is 72.8 Å². The van der Waals surface area contributed by atoms with Gasteiger partial charge in [0, 0.05) is 11.1 Å². The van der Waals surface area contributed by atoms with Gasteiger partial charge in [0.05, 0.1) is 12.3 Å². The Morgan fingerprint density at radius 1 is 1.00 bits per heavy atom. The fourth-order valence-electron chi connectivity index (χ4n) is 3.24. The van der Waals surface area contributed by atoms with Crippen LogP contribution in [0.4, 0.5) is 10.1 Å². The van der Waals surface area contributed by atoms with Crippen LogP contribution in [0.1, 0.15) is 25.3 Å². The van der Waals surface area contributed by atoms with E-state index in [9.17, 15) is 9.18 Å². The number of carbonyl (C=O) groups is 1. The van der Waals surface area contributed by atoms with Gasteiger partial charge in [0.25, 0.3) is 0 Å². The highest BCUT2D eigenvalue weighted by molar-refractivity contribution is 5.92. The third kappa shape index (κ3) is 6.63. The molecule has 0 bridgehead atoms. The Bertz CT molecular complexity index is 1260. The van der Waals surface area contributed by atoms with Gasteiger partial charge in [-0.1, -0.05) is 43.7 Å². The van der Waals surface area contributed by atoms with Crippen molar-refractivity contribution < 1.29 is 18.7 Å². The Hall–Kier alpha value is -4.27. The third-order valence-electron chi connectivity index (χ3n) is 5.12. The summed E-state index contributed by atoms with van der Waals surface area (Å²) >= 11 is 0. The number of tetrazole rings is 1. The van der Waals surface area contributed by atoms with Crippen LogP contribution in [0.3, 0.4) is 0 Å². The molecule has 4 rings (SSSR count). The average molecular weight is 476 g/mol. The number of nitrogens with zero attached hydrogens (tertiary/aromatic N) is 4. The number of hydrogen-bond donors (Lipinski definition) is 1. The molecule has 180 valence electrons. The van der Waals surface area contributed by atoms with E-state index in [0.29, 0.717) is 40.7 Å². The zero-order valence-electron chi connectivity index (χ0n) is 19.4. The van der Waals surface area contributed by atoms with E-state index in [0.717, 1.165) is 12.8 Å². The standard InChI is InChI=1S/C26H26FN5O3/c1-2-3-16-34-24-11-7-6-10-23(24)28-25(33)17-32-30-26(29-31-32)19-12-14-21(15-13-19)35-18-20-8-4-5-9-22(20)27/h4-15H,2-3,16-18H2,1H3,(H,28,33). The number of halogens is 1. The summed E-state index contributed by atoms with van der Waals surface area (Å²) in [6.45, 7) is 2.71. The summed E-state index contributed by atoms with van der Waals surface area (Å²) in [7, 11) is 0. The molecule has 4 aromatic rings. The highest BCUT2D eigenvalue weighted by atomic mass is 19.1. The maximum absolute atomic E-state index is 13.7. The fraction of sp³-hybridized carbons (Fsp3) is 0.231. The van der Waals surface area contributed by atoms with E-state index in [1.54, 1.807) is 48.5 Å². The fourth-order valence-corrected chi connectivity index (χ4v) is 3.24. The second kappa shape index (κ2) is 11.7. The highest BCUT2D eigenvalue weighted by Crippen LogP contribution is 2.24. The van der Waals surface area contributed by atoms with E-state index in [2.05, 4.69) is 27.7 Å². The van der Waals surface area contributed by atoms with Crippen molar-refractivity contribution in [3.05, 3.63) is 84.2 Å². The predicted molar refractivity (Wildman–Crippen MR) is 129 cm³/mol. The lowest BCUT2D eigenvalue weighted by atomic mass is 10.2. The number of amides is 1. The van der Waals surface area contributed by atoms with Crippen LogP contribution in [0.25, 0.3) is 11.4 Å². The first-order valence-electron chi connectivity index (χ1n) is 11.4. The number of carbonyl (C=O) groups excluding carboxylic acids is 1. The van der Waals surface area contributed by atoms with Crippen LogP contribution in [-0.2, 0) is 17.9 Å². The van der Waals surface area contributed by atoms with Crippen molar-refractivity contribution in [1.29, 1.82) is 0 Å². The second-order valence-corrected chi connectivity index (χ2v) is 7.79. The minimum Gasteiger partial charge on any atom is -0.491 e. The number of ether oxygens (including phenoxy) is 2. The third-order valence-corrected chi connectivity index (χ3v) is 5.12. The van der Waals surface area contributed by atoms with Crippen molar-refractivity contribution in [2.75, 3.05) is 11.9 Å². The molecule has 1 N–H and O–H groups in total. The van der Waals surface area contributed by atoms with E-state index < -0.39 is 0 Å². The van der Waals surface area contributed by atoms with Gasteiger partial charge in [0.15, 0.2) is 0 Å². The first kappa shape index (κ1) is 23.9. The van der Waals surface area contributed by atoms with Gasteiger partial charge < -0.3 is 14.8 Å². The SMILES string of the molecule is CCCCOc1ccccc1NC(=O)Cn1nnc(-c2ccc(OCc3ccccc3F)cc2)n1.